The van der Waals surface area contributed by atoms with Crippen LogP contribution in [-0.2, 0) is 11.3 Å². The van der Waals surface area contributed by atoms with Crippen molar-refractivity contribution >= 4 is 17.6 Å². The lowest BCUT2D eigenvalue weighted by Crippen LogP contribution is -2.34. The smallest absolute Gasteiger partial charge is 0.304 e. The van der Waals surface area contributed by atoms with E-state index in [2.05, 4.69) is 4.90 Å². The van der Waals surface area contributed by atoms with Gasteiger partial charge >= 0.3 is 5.97 Å². The largest absolute Gasteiger partial charge is 0.481 e. The number of rotatable bonds is 6. The lowest BCUT2D eigenvalue weighted by molar-refractivity contribution is -0.138. The second-order valence-electron chi connectivity index (χ2n) is 4.60. The van der Waals surface area contributed by atoms with Crippen LogP contribution < -0.4 is 0 Å². The summed E-state index contributed by atoms with van der Waals surface area (Å²) >= 11 is 6.20. The fourth-order valence-electron chi connectivity index (χ4n) is 1.96. The molecule has 0 radical (unpaired) electrons. The number of benzene rings is 1. The van der Waals surface area contributed by atoms with Crippen LogP contribution in [0, 0.1) is 6.92 Å². The van der Waals surface area contributed by atoms with E-state index in [9.17, 15) is 4.79 Å². The predicted molar refractivity (Wildman–Crippen MR) is 74.0 cm³/mol. The van der Waals surface area contributed by atoms with Crippen LogP contribution in [-0.4, -0.2) is 28.6 Å². The third-order valence-corrected chi connectivity index (χ3v) is 3.43. The van der Waals surface area contributed by atoms with Crippen molar-refractivity contribution in [2.45, 2.75) is 39.8 Å². The zero-order valence-electron chi connectivity index (χ0n) is 11.1. The molecule has 0 heterocycles. The number of hydrogen-bond donors (Lipinski definition) is 1. The molecule has 1 N–H and O–H groups in total. The monoisotopic (exact) mass is 269 g/mol. The van der Waals surface area contributed by atoms with Crippen LogP contribution in [0.5, 0.6) is 0 Å². The molecule has 0 spiro atoms. The number of nitrogens with zero attached hydrogens (tertiary/aromatic N) is 1. The number of carboxylic acid groups (broad SMARTS) is 1. The first kappa shape index (κ1) is 15.0. The second kappa shape index (κ2) is 6.76. The van der Waals surface area contributed by atoms with Crippen LogP contribution in [0.4, 0.5) is 0 Å². The molecule has 1 aromatic carbocycles. The molecule has 3 nitrogen and oxygen atoms in total. The zero-order valence-corrected chi connectivity index (χ0v) is 11.9. The van der Waals surface area contributed by atoms with Gasteiger partial charge in [0.2, 0.25) is 0 Å². The zero-order chi connectivity index (χ0) is 13.7. The average Bonchev–Trinajstić information content (AvgIpc) is 2.27. The summed E-state index contributed by atoms with van der Waals surface area (Å²) in [5, 5.41) is 9.58. The highest BCUT2D eigenvalue weighted by Gasteiger charge is 2.16. The predicted octanol–water partition coefficient (Wildman–Crippen LogP) is 3.33. The van der Waals surface area contributed by atoms with Crippen LogP contribution in [0.1, 0.15) is 31.4 Å². The van der Waals surface area contributed by atoms with Crippen molar-refractivity contribution < 1.29 is 9.90 Å². The standard InChI is InChI=1S/C14H20ClNO2/c1-4-16(11(3)8-14(17)18)9-12-6-5-10(2)7-13(12)15/h5-7,11H,4,8-9H2,1-3H3,(H,17,18). The van der Waals surface area contributed by atoms with Gasteiger partial charge in [0.05, 0.1) is 6.42 Å². The Kier molecular flexibility index (Phi) is 5.63. The quantitative estimate of drug-likeness (QED) is 0.861. The number of carboxylic acids is 1. The Morgan fingerprint density at radius 2 is 2.17 bits per heavy atom. The van der Waals surface area contributed by atoms with Gasteiger partial charge in [-0.25, -0.2) is 0 Å². The molecule has 100 valence electrons. The lowest BCUT2D eigenvalue weighted by atomic mass is 10.1. The van der Waals surface area contributed by atoms with Crippen LogP contribution in [0.3, 0.4) is 0 Å². The van der Waals surface area contributed by atoms with Gasteiger partial charge < -0.3 is 5.11 Å². The highest BCUT2D eigenvalue weighted by atomic mass is 35.5. The van der Waals surface area contributed by atoms with Gasteiger partial charge in [-0.05, 0) is 37.6 Å². The molecule has 1 aromatic rings. The van der Waals surface area contributed by atoms with Crippen molar-refractivity contribution in [1.82, 2.24) is 4.90 Å². The second-order valence-corrected chi connectivity index (χ2v) is 5.01. The van der Waals surface area contributed by atoms with Crippen molar-refractivity contribution in [3.8, 4) is 0 Å². The van der Waals surface area contributed by atoms with Gasteiger partial charge in [-0.15, -0.1) is 0 Å². The van der Waals surface area contributed by atoms with Gasteiger partial charge in [-0.3, -0.25) is 9.69 Å². The molecule has 0 fully saturated rings. The van der Waals surface area contributed by atoms with Gasteiger partial charge in [0.25, 0.3) is 0 Å². The Balaban J connectivity index is 2.76. The normalized spacial score (nSPS) is 12.7. The van der Waals surface area contributed by atoms with Gasteiger partial charge in [0.1, 0.15) is 0 Å². The van der Waals surface area contributed by atoms with E-state index in [4.69, 9.17) is 16.7 Å². The average molecular weight is 270 g/mol. The van der Waals surface area contributed by atoms with E-state index in [1.165, 1.54) is 0 Å². The maximum Gasteiger partial charge on any atom is 0.304 e. The first-order valence-corrected chi connectivity index (χ1v) is 6.52. The summed E-state index contributed by atoms with van der Waals surface area (Å²) in [6.45, 7) is 7.45. The Bertz CT molecular complexity index is 420. The first-order chi connectivity index (χ1) is 8.43. The maximum absolute atomic E-state index is 10.7. The molecule has 1 unspecified atom stereocenters. The highest BCUT2D eigenvalue weighted by molar-refractivity contribution is 6.31. The molecular weight excluding hydrogens is 250 g/mol. The molecule has 1 atom stereocenters. The highest BCUT2D eigenvalue weighted by Crippen LogP contribution is 2.20. The minimum atomic E-state index is -0.768. The van der Waals surface area contributed by atoms with Gasteiger partial charge in [0, 0.05) is 17.6 Å². The number of halogens is 1. The van der Waals surface area contributed by atoms with Crippen molar-refractivity contribution in [2.24, 2.45) is 0 Å². The SMILES string of the molecule is CCN(Cc1ccc(C)cc1Cl)C(C)CC(=O)O. The number of hydrogen-bond acceptors (Lipinski definition) is 2. The Morgan fingerprint density at radius 1 is 1.50 bits per heavy atom. The Hall–Kier alpha value is -1.06. The minimum Gasteiger partial charge on any atom is -0.481 e. The van der Waals surface area contributed by atoms with Crippen LogP contribution in [0.15, 0.2) is 18.2 Å². The number of carbonyl (C=O) groups is 1. The van der Waals surface area contributed by atoms with E-state index in [0.29, 0.717) is 6.54 Å². The minimum absolute atomic E-state index is 0.00451. The lowest BCUT2D eigenvalue weighted by Gasteiger charge is -2.27. The van der Waals surface area contributed by atoms with Crippen LogP contribution in [0.25, 0.3) is 0 Å². The van der Waals surface area contributed by atoms with Gasteiger partial charge in [0.15, 0.2) is 0 Å². The fourth-order valence-corrected chi connectivity index (χ4v) is 2.26. The van der Waals surface area contributed by atoms with E-state index < -0.39 is 5.97 Å². The maximum atomic E-state index is 10.7. The first-order valence-electron chi connectivity index (χ1n) is 6.15. The van der Waals surface area contributed by atoms with E-state index in [-0.39, 0.29) is 12.5 Å². The third kappa shape index (κ3) is 4.31. The molecule has 0 saturated heterocycles. The molecule has 0 saturated carbocycles. The van der Waals surface area contributed by atoms with Crippen molar-refractivity contribution in [1.29, 1.82) is 0 Å². The molecular formula is C14H20ClNO2. The molecule has 0 aliphatic rings. The van der Waals surface area contributed by atoms with Crippen LogP contribution >= 0.6 is 11.6 Å². The topological polar surface area (TPSA) is 40.5 Å². The van der Waals surface area contributed by atoms with Crippen LogP contribution in [0.2, 0.25) is 5.02 Å². The van der Waals surface area contributed by atoms with Crippen molar-refractivity contribution in [2.75, 3.05) is 6.54 Å². The van der Waals surface area contributed by atoms with Gasteiger partial charge in [-0.1, -0.05) is 30.7 Å². The fraction of sp³-hybridized carbons (Fsp3) is 0.500. The number of aliphatic carboxylic acids is 1. The van der Waals surface area contributed by atoms with E-state index in [1.54, 1.807) is 0 Å². The molecule has 0 aliphatic carbocycles. The molecule has 0 aromatic heterocycles. The van der Waals surface area contributed by atoms with Crippen molar-refractivity contribution in [3.63, 3.8) is 0 Å². The summed E-state index contributed by atoms with van der Waals surface area (Å²) in [4.78, 5) is 12.9. The molecule has 4 heteroatoms. The summed E-state index contributed by atoms with van der Waals surface area (Å²) in [5.41, 5.74) is 2.17. The molecule has 18 heavy (non-hydrogen) atoms. The summed E-state index contributed by atoms with van der Waals surface area (Å²) in [5.74, 6) is -0.768. The van der Waals surface area contributed by atoms with E-state index >= 15 is 0 Å². The Labute approximate surface area is 113 Å². The molecule has 1 rings (SSSR count). The third-order valence-electron chi connectivity index (χ3n) is 3.08. The van der Waals surface area contributed by atoms with E-state index in [0.717, 1.165) is 22.7 Å². The van der Waals surface area contributed by atoms with Gasteiger partial charge in [-0.2, -0.15) is 0 Å². The Morgan fingerprint density at radius 3 is 2.67 bits per heavy atom. The molecule has 0 aliphatic heterocycles. The summed E-state index contributed by atoms with van der Waals surface area (Å²) < 4.78 is 0. The summed E-state index contributed by atoms with van der Waals surface area (Å²) in [7, 11) is 0. The van der Waals surface area contributed by atoms with E-state index in [1.807, 2.05) is 39.0 Å². The molecule has 0 amide bonds. The number of aryl methyl sites for hydroxylation is 1. The summed E-state index contributed by atoms with van der Waals surface area (Å²) in [6, 6.07) is 5.97. The summed E-state index contributed by atoms with van der Waals surface area (Å²) in [6.07, 6.45) is 0.150. The van der Waals surface area contributed by atoms with Crippen molar-refractivity contribution in [3.05, 3.63) is 34.3 Å². The molecule has 0 bridgehead atoms.